The first kappa shape index (κ1) is 13.9. The van der Waals surface area contributed by atoms with Crippen molar-refractivity contribution in [3.63, 3.8) is 0 Å². The number of nitrogens with zero attached hydrogens (tertiary/aromatic N) is 1. The molecule has 0 heterocycles. The van der Waals surface area contributed by atoms with Gasteiger partial charge in [-0.15, -0.1) is 0 Å². The molecule has 0 amide bonds. The van der Waals surface area contributed by atoms with Gasteiger partial charge in [0, 0.05) is 26.8 Å². The molecule has 0 bridgehead atoms. The van der Waals surface area contributed by atoms with Crippen molar-refractivity contribution in [3.05, 3.63) is 0 Å². The van der Waals surface area contributed by atoms with E-state index in [1.165, 1.54) is 19.4 Å². The average molecular weight is 202 g/mol. The van der Waals surface area contributed by atoms with Crippen molar-refractivity contribution in [2.24, 2.45) is 0 Å². The van der Waals surface area contributed by atoms with Crippen LogP contribution in [0.2, 0.25) is 0 Å². The monoisotopic (exact) mass is 202 g/mol. The number of unbranched alkanes of at least 4 members (excludes halogenated alkanes) is 1. The molecule has 0 fully saturated rings. The summed E-state index contributed by atoms with van der Waals surface area (Å²) in [5.41, 5.74) is 0. The van der Waals surface area contributed by atoms with Crippen LogP contribution in [-0.2, 0) is 4.74 Å². The normalized spacial score (nSPS) is 11.1. The minimum Gasteiger partial charge on any atom is -0.385 e. The zero-order chi connectivity index (χ0) is 10.6. The quantitative estimate of drug-likeness (QED) is 0.541. The maximum atomic E-state index is 4.97. The van der Waals surface area contributed by atoms with Gasteiger partial charge in [-0.25, -0.2) is 0 Å². The molecule has 0 aliphatic rings. The van der Waals surface area contributed by atoms with Crippen LogP contribution in [0.25, 0.3) is 0 Å². The number of nitrogens with one attached hydrogen (secondary N) is 1. The molecule has 14 heavy (non-hydrogen) atoms. The van der Waals surface area contributed by atoms with Crippen LogP contribution in [0.15, 0.2) is 0 Å². The Balaban J connectivity index is 3.02. The lowest BCUT2D eigenvalue weighted by Gasteiger charge is -2.16. The summed E-state index contributed by atoms with van der Waals surface area (Å²) in [4.78, 5) is 2.38. The van der Waals surface area contributed by atoms with Crippen molar-refractivity contribution in [3.8, 4) is 0 Å². The Kier molecular flexibility index (Phi) is 10.9. The molecule has 0 atom stereocenters. The SMILES string of the molecule is CCCCN(C)CCNCCCOC. The fourth-order valence-electron chi connectivity index (χ4n) is 1.28. The minimum atomic E-state index is 0.860. The topological polar surface area (TPSA) is 24.5 Å². The molecule has 86 valence electrons. The van der Waals surface area contributed by atoms with Gasteiger partial charge >= 0.3 is 0 Å². The van der Waals surface area contributed by atoms with E-state index in [0.717, 1.165) is 32.7 Å². The maximum Gasteiger partial charge on any atom is 0.0474 e. The predicted molar refractivity (Wildman–Crippen MR) is 61.8 cm³/mol. The molecule has 0 aromatic heterocycles. The molecular formula is C11H26N2O. The average Bonchev–Trinajstić information content (AvgIpc) is 2.20. The highest BCUT2D eigenvalue weighted by Gasteiger charge is 1.95. The molecule has 0 saturated carbocycles. The van der Waals surface area contributed by atoms with E-state index in [1.807, 2.05) is 0 Å². The Morgan fingerprint density at radius 3 is 2.57 bits per heavy atom. The van der Waals surface area contributed by atoms with Crippen LogP contribution >= 0.6 is 0 Å². The standard InChI is InChI=1S/C11H26N2O/c1-4-5-9-13(2)10-8-12-7-6-11-14-3/h12H,4-11H2,1-3H3. The van der Waals surface area contributed by atoms with Crippen molar-refractivity contribution in [2.75, 3.05) is 46.9 Å². The lowest BCUT2D eigenvalue weighted by Crippen LogP contribution is -2.30. The van der Waals surface area contributed by atoms with Gasteiger partial charge in [-0.3, -0.25) is 0 Å². The van der Waals surface area contributed by atoms with Crippen LogP contribution in [0, 0.1) is 0 Å². The summed E-state index contributed by atoms with van der Waals surface area (Å²) in [5.74, 6) is 0. The lowest BCUT2D eigenvalue weighted by molar-refractivity contribution is 0.194. The Morgan fingerprint density at radius 2 is 1.93 bits per heavy atom. The van der Waals surface area contributed by atoms with Crippen molar-refractivity contribution in [1.82, 2.24) is 10.2 Å². The summed E-state index contributed by atoms with van der Waals surface area (Å²) in [6, 6.07) is 0. The largest absolute Gasteiger partial charge is 0.385 e. The number of likely N-dealkylation sites (N-methyl/N-ethyl adjacent to an activating group) is 1. The summed E-state index contributed by atoms with van der Waals surface area (Å²) in [6.45, 7) is 7.61. The van der Waals surface area contributed by atoms with Gasteiger partial charge in [0.1, 0.15) is 0 Å². The fraction of sp³-hybridized carbons (Fsp3) is 1.00. The van der Waals surface area contributed by atoms with E-state index in [-0.39, 0.29) is 0 Å². The van der Waals surface area contributed by atoms with Gasteiger partial charge in [-0.1, -0.05) is 13.3 Å². The highest BCUT2D eigenvalue weighted by atomic mass is 16.5. The van der Waals surface area contributed by atoms with E-state index >= 15 is 0 Å². The van der Waals surface area contributed by atoms with Crippen molar-refractivity contribution in [1.29, 1.82) is 0 Å². The summed E-state index contributed by atoms with van der Waals surface area (Å²) in [5, 5.41) is 3.41. The van der Waals surface area contributed by atoms with Crippen LogP contribution < -0.4 is 5.32 Å². The maximum absolute atomic E-state index is 4.97. The zero-order valence-electron chi connectivity index (χ0n) is 10.0. The second-order valence-corrected chi connectivity index (χ2v) is 3.75. The van der Waals surface area contributed by atoms with E-state index in [1.54, 1.807) is 7.11 Å². The predicted octanol–water partition coefficient (Wildman–Crippen LogP) is 1.34. The van der Waals surface area contributed by atoms with Crippen molar-refractivity contribution < 1.29 is 4.74 Å². The fourth-order valence-corrected chi connectivity index (χ4v) is 1.28. The lowest BCUT2D eigenvalue weighted by atomic mass is 10.3. The molecule has 0 aromatic rings. The molecule has 0 spiro atoms. The third-order valence-corrected chi connectivity index (χ3v) is 2.27. The van der Waals surface area contributed by atoms with Crippen LogP contribution in [0.5, 0.6) is 0 Å². The van der Waals surface area contributed by atoms with E-state index in [2.05, 4.69) is 24.2 Å². The number of hydrogen-bond donors (Lipinski definition) is 1. The van der Waals surface area contributed by atoms with Gasteiger partial charge in [0.2, 0.25) is 0 Å². The second-order valence-electron chi connectivity index (χ2n) is 3.75. The van der Waals surface area contributed by atoms with E-state index < -0.39 is 0 Å². The van der Waals surface area contributed by atoms with Gasteiger partial charge in [-0.2, -0.15) is 0 Å². The summed E-state index contributed by atoms with van der Waals surface area (Å²) in [7, 11) is 3.94. The van der Waals surface area contributed by atoms with Crippen molar-refractivity contribution >= 4 is 0 Å². The first-order valence-electron chi connectivity index (χ1n) is 5.69. The molecule has 1 N–H and O–H groups in total. The van der Waals surface area contributed by atoms with E-state index in [9.17, 15) is 0 Å². The van der Waals surface area contributed by atoms with Crippen molar-refractivity contribution in [2.45, 2.75) is 26.2 Å². The number of rotatable bonds is 10. The highest BCUT2D eigenvalue weighted by molar-refractivity contribution is 4.54. The summed E-state index contributed by atoms with van der Waals surface area (Å²) >= 11 is 0. The Morgan fingerprint density at radius 1 is 1.14 bits per heavy atom. The number of ether oxygens (including phenoxy) is 1. The molecule has 3 heteroatoms. The Bertz CT molecular complexity index is 109. The van der Waals surface area contributed by atoms with Crippen LogP contribution in [-0.4, -0.2) is 51.8 Å². The van der Waals surface area contributed by atoms with Gasteiger partial charge < -0.3 is 15.0 Å². The van der Waals surface area contributed by atoms with Gasteiger partial charge in [0.05, 0.1) is 0 Å². The van der Waals surface area contributed by atoms with Gasteiger partial charge in [0.25, 0.3) is 0 Å². The smallest absolute Gasteiger partial charge is 0.0474 e. The molecular weight excluding hydrogens is 176 g/mol. The highest BCUT2D eigenvalue weighted by Crippen LogP contribution is 1.90. The Hall–Kier alpha value is -0.120. The van der Waals surface area contributed by atoms with Gasteiger partial charge in [-0.05, 0) is 33.0 Å². The number of methoxy groups -OCH3 is 1. The van der Waals surface area contributed by atoms with E-state index in [0.29, 0.717) is 0 Å². The molecule has 0 radical (unpaired) electrons. The zero-order valence-corrected chi connectivity index (χ0v) is 10.0. The molecule has 0 unspecified atom stereocenters. The number of hydrogen-bond acceptors (Lipinski definition) is 3. The van der Waals surface area contributed by atoms with Crippen LogP contribution in [0.1, 0.15) is 26.2 Å². The second kappa shape index (κ2) is 11.0. The first-order chi connectivity index (χ1) is 6.81. The molecule has 0 rings (SSSR count). The van der Waals surface area contributed by atoms with Gasteiger partial charge in [0.15, 0.2) is 0 Å². The third-order valence-electron chi connectivity index (χ3n) is 2.27. The first-order valence-corrected chi connectivity index (χ1v) is 5.69. The minimum absolute atomic E-state index is 0.860. The Labute approximate surface area is 88.8 Å². The van der Waals surface area contributed by atoms with Crippen LogP contribution in [0.3, 0.4) is 0 Å². The summed E-state index contributed by atoms with van der Waals surface area (Å²) < 4.78 is 4.97. The molecule has 0 aliphatic heterocycles. The van der Waals surface area contributed by atoms with Crippen LogP contribution in [0.4, 0.5) is 0 Å². The summed E-state index contributed by atoms with van der Waals surface area (Å²) in [6.07, 6.45) is 3.70. The third kappa shape index (κ3) is 9.96. The van der Waals surface area contributed by atoms with E-state index in [4.69, 9.17) is 4.74 Å². The molecule has 3 nitrogen and oxygen atoms in total. The molecule has 0 saturated heterocycles. The molecule has 0 aliphatic carbocycles. The molecule has 0 aromatic carbocycles.